The maximum atomic E-state index is 13.2. The average molecular weight is 278 g/mol. The van der Waals surface area contributed by atoms with E-state index >= 15 is 0 Å². The lowest BCUT2D eigenvalue weighted by molar-refractivity contribution is 0.623. The summed E-state index contributed by atoms with van der Waals surface area (Å²) in [5, 5.41) is 3.70. The number of rotatable bonds is 3. The molecule has 0 saturated carbocycles. The van der Waals surface area contributed by atoms with E-state index in [0.717, 1.165) is 11.1 Å². The van der Waals surface area contributed by atoms with Gasteiger partial charge in [0.2, 0.25) is 0 Å². The van der Waals surface area contributed by atoms with Gasteiger partial charge in [0, 0.05) is 5.02 Å². The fourth-order valence-electron chi connectivity index (χ4n) is 2.29. The SMILES string of the molecule is CNC(c1cc(C)ccc1C)c1ccc(F)cc1Cl. The highest BCUT2D eigenvalue weighted by Crippen LogP contribution is 2.30. The van der Waals surface area contributed by atoms with Crippen molar-refractivity contribution in [3.05, 3.63) is 69.5 Å². The third-order valence-electron chi connectivity index (χ3n) is 3.31. The highest BCUT2D eigenvalue weighted by atomic mass is 35.5. The molecule has 0 aliphatic rings. The molecule has 0 amide bonds. The Morgan fingerprint density at radius 2 is 1.79 bits per heavy atom. The van der Waals surface area contributed by atoms with Crippen molar-refractivity contribution in [2.75, 3.05) is 7.05 Å². The smallest absolute Gasteiger partial charge is 0.124 e. The zero-order chi connectivity index (χ0) is 14.0. The molecule has 1 N–H and O–H groups in total. The van der Waals surface area contributed by atoms with Crippen molar-refractivity contribution >= 4 is 11.6 Å². The third-order valence-corrected chi connectivity index (χ3v) is 3.64. The Hall–Kier alpha value is -1.38. The van der Waals surface area contributed by atoms with Gasteiger partial charge in [-0.15, -0.1) is 0 Å². The third kappa shape index (κ3) is 2.96. The standard InChI is InChI=1S/C16H17ClFN/c1-10-4-5-11(2)14(8-10)16(19-3)13-7-6-12(18)9-15(13)17/h4-9,16,19H,1-3H3. The molecular formula is C16H17ClFN. The summed E-state index contributed by atoms with van der Waals surface area (Å²) in [6.45, 7) is 4.12. The molecule has 0 heterocycles. The molecule has 0 spiro atoms. The predicted molar refractivity (Wildman–Crippen MR) is 78.2 cm³/mol. The summed E-state index contributed by atoms with van der Waals surface area (Å²) in [7, 11) is 1.88. The molecule has 2 aromatic carbocycles. The van der Waals surface area contributed by atoms with Crippen LogP contribution in [-0.4, -0.2) is 7.05 Å². The Labute approximate surface area is 118 Å². The van der Waals surface area contributed by atoms with E-state index in [1.54, 1.807) is 6.07 Å². The maximum absolute atomic E-state index is 13.2. The first-order valence-electron chi connectivity index (χ1n) is 6.22. The Balaban J connectivity index is 2.52. The second-order valence-electron chi connectivity index (χ2n) is 4.75. The van der Waals surface area contributed by atoms with E-state index in [2.05, 4.69) is 37.4 Å². The Kier molecular flexibility index (Phi) is 4.23. The summed E-state index contributed by atoms with van der Waals surface area (Å²) in [4.78, 5) is 0. The van der Waals surface area contributed by atoms with Gasteiger partial charge in [0.05, 0.1) is 6.04 Å². The predicted octanol–water partition coefficient (Wildman–Crippen LogP) is 4.40. The van der Waals surface area contributed by atoms with Crippen LogP contribution in [0, 0.1) is 19.7 Å². The van der Waals surface area contributed by atoms with E-state index in [4.69, 9.17) is 11.6 Å². The molecule has 1 nitrogen and oxygen atoms in total. The molecule has 100 valence electrons. The topological polar surface area (TPSA) is 12.0 Å². The Morgan fingerprint density at radius 1 is 1.05 bits per heavy atom. The van der Waals surface area contributed by atoms with E-state index < -0.39 is 0 Å². The summed E-state index contributed by atoms with van der Waals surface area (Å²) in [5.41, 5.74) is 4.43. The molecular weight excluding hydrogens is 261 g/mol. The number of hydrogen-bond acceptors (Lipinski definition) is 1. The van der Waals surface area contributed by atoms with Gasteiger partial charge in [-0.25, -0.2) is 4.39 Å². The van der Waals surface area contributed by atoms with Crippen LogP contribution in [-0.2, 0) is 0 Å². The fraction of sp³-hybridized carbons (Fsp3) is 0.250. The van der Waals surface area contributed by atoms with E-state index in [1.807, 2.05) is 7.05 Å². The van der Waals surface area contributed by atoms with Gasteiger partial charge in [-0.05, 0) is 49.7 Å². The van der Waals surface area contributed by atoms with Crippen molar-refractivity contribution in [3.63, 3.8) is 0 Å². The van der Waals surface area contributed by atoms with E-state index in [0.29, 0.717) is 5.02 Å². The summed E-state index contributed by atoms with van der Waals surface area (Å²) in [6, 6.07) is 10.8. The van der Waals surface area contributed by atoms with Crippen molar-refractivity contribution in [1.82, 2.24) is 5.32 Å². The van der Waals surface area contributed by atoms with E-state index in [-0.39, 0.29) is 11.9 Å². The summed E-state index contributed by atoms with van der Waals surface area (Å²) < 4.78 is 13.2. The molecule has 3 heteroatoms. The van der Waals surface area contributed by atoms with Crippen LogP contribution in [0.1, 0.15) is 28.3 Å². The molecule has 19 heavy (non-hydrogen) atoms. The zero-order valence-corrected chi connectivity index (χ0v) is 12.1. The number of halogens is 2. The van der Waals surface area contributed by atoms with Gasteiger partial charge in [0.15, 0.2) is 0 Å². The average Bonchev–Trinajstić information content (AvgIpc) is 2.36. The molecule has 0 radical (unpaired) electrons. The first-order chi connectivity index (χ1) is 9.02. The molecule has 0 aromatic heterocycles. The fourth-order valence-corrected chi connectivity index (χ4v) is 2.56. The van der Waals surface area contributed by atoms with Crippen LogP contribution in [0.2, 0.25) is 5.02 Å². The molecule has 2 rings (SSSR count). The van der Waals surface area contributed by atoms with Gasteiger partial charge >= 0.3 is 0 Å². The zero-order valence-electron chi connectivity index (χ0n) is 11.3. The van der Waals surface area contributed by atoms with Crippen molar-refractivity contribution < 1.29 is 4.39 Å². The molecule has 0 fully saturated rings. The summed E-state index contributed by atoms with van der Waals surface area (Å²) >= 11 is 6.17. The lowest BCUT2D eigenvalue weighted by atomic mass is 9.93. The second-order valence-corrected chi connectivity index (χ2v) is 5.15. The quantitative estimate of drug-likeness (QED) is 0.876. The molecule has 0 aliphatic carbocycles. The lowest BCUT2D eigenvalue weighted by Gasteiger charge is -2.21. The Morgan fingerprint density at radius 3 is 2.42 bits per heavy atom. The summed E-state index contributed by atoms with van der Waals surface area (Å²) in [6.07, 6.45) is 0. The number of aryl methyl sites for hydroxylation is 2. The minimum absolute atomic E-state index is 0.0343. The van der Waals surface area contributed by atoms with Gasteiger partial charge in [0.1, 0.15) is 5.82 Å². The Bertz CT molecular complexity index is 595. The molecule has 1 unspecified atom stereocenters. The monoisotopic (exact) mass is 277 g/mol. The van der Waals surface area contributed by atoms with Crippen molar-refractivity contribution in [2.45, 2.75) is 19.9 Å². The first kappa shape index (κ1) is 14.0. The highest BCUT2D eigenvalue weighted by molar-refractivity contribution is 6.31. The number of benzene rings is 2. The van der Waals surface area contributed by atoms with Crippen LogP contribution in [0.4, 0.5) is 4.39 Å². The van der Waals surface area contributed by atoms with Crippen molar-refractivity contribution in [1.29, 1.82) is 0 Å². The lowest BCUT2D eigenvalue weighted by Crippen LogP contribution is -2.19. The van der Waals surface area contributed by atoms with Gasteiger partial charge in [-0.1, -0.05) is 41.4 Å². The molecule has 0 saturated heterocycles. The van der Waals surface area contributed by atoms with Crippen LogP contribution in [0.5, 0.6) is 0 Å². The van der Waals surface area contributed by atoms with Gasteiger partial charge < -0.3 is 5.32 Å². The van der Waals surface area contributed by atoms with Crippen LogP contribution < -0.4 is 5.32 Å². The van der Waals surface area contributed by atoms with E-state index in [1.165, 1.54) is 23.3 Å². The minimum atomic E-state index is -0.315. The first-order valence-corrected chi connectivity index (χ1v) is 6.60. The van der Waals surface area contributed by atoms with Crippen molar-refractivity contribution in [2.24, 2.45) is 0 Å². The van der Waals surface area contributed by atoms with Crippen LogP contribution in [0.3, 0.4) is 0 Å². The minimum Gasteiger partial charge on any atom is -0.309 e. The second kappa shape index (κ2) is 5.72. The maximum Gasteiger partial charge on any atom is 0.124 e. The molecule has 1 atom stereocenters. The van der Waals surface area contributed by atoms with Gasteiger partial charge in [-0.2, -0.15) is 0 Å². The van der Waals surface area contributed by atoms with Gasteiger partial charge in [-0.3, -0.25) is 0 Å². The highest BCUT2D eigenvalue weighted by Gasteiger charge is 2.17. The number of hydrogen-bond donors (Lipinski definition) is 1. The van der Waals surface area contributed by atoms with Gasteiger partial charge in [0.25, 0.3) is 0 Å². The van der Waals surface area contributed by atoms with Crippen molar-refractivity contribution in [3.8, 4) is 0 Å². The number of nitrogens with one attached hydrogen (secondary N) is 1. The van der Waals surface area contributed by atoms with Crippen LogP contribution >= 0.6 is 11.6 Å². The van der Waals surface area contributed by atoms with Crippen LogP contribution in [0.15, 0.2) is 36.4 Å². The molecule has 0 aliphatic heterocycles. The summed E-state index contributed by atoms with van der Waals surface area (Å²) in [5.74, 6) is -0.315. The molecule has 0 bridgehead atoms. The van der Waals surface area contributed by atoms with E-state index in [9.17, 15) is 4.39 Å². The molecule has 2 aromatic rings. The van der Waals surface area contributed by atoms with Crippen LogP contribution in [0.25, 0.3) is 0 Å². The normalized spacial score (nSPS) is 12.5. The largest absolute Gasteiger partial charge is 0.309 e.